The minimum absolute atomic E-state index is 0.0848. The van der Waals surface area contributed by atoms with Crippen LogP contribution in [0.25, 0.3) is 11.1 Å². The number of amides is 1. The predicted molar refractivity (Wildman–Crippen MR) is 132 cm³/mol. The summed E-state index contributed by atoms with van der Waals surface area (Å²) in [7, 11) is 0. The molecule has 0 saturated heterocycles. The fraction of sp³-hybridized carbons (Fsp3) is 0.148. The molecule has 0 spiro atoms. The molecule has 0 saturated carbocycles. The summed E-state index contributed by atoms with van der Waals surface area (Å²) >= 11 is 1.42. The Morgan fingerprint density at radius 3 is 2.27 bits per heavy atom. The van der Waals surface area contributed by atoms with Crippen LogP contribution in [0.2, 0.25) is 0 Å². The van der Waals surface area contributed by atoms with Crippen LogP contribution in [-0.4, -0.2) is 10.9 Å². The van der Waals surface area contributed by atoms with E-state index < -0.39 is 0 Å². The molecule has 6 heteroatoms. The van der Waals surface area contributed by atoms with E-state index in [0.29, 0.717) is 17.3 Å². The van der Waals surface area contributed by atoms with Crippen molar-refractivity contribution >= 4 is 28.1 Å². The van der Waals surface area contributed by atoms with Crippen LogP contribution in [-0.2, 0) is 11.4 Å². The van der Waals surface area contributed by atoms with Crippen molar-refractivity contribution in [3.8, 4) is 22.9 Å². The molecule has 0 N–H and O–H groups in total. The van der Waals surface area contributed by atoms with Crippen LogP contribution >= 0.6 is 11.3 Å². The van der Waals surface area contributed by atoms with Gasteiger partial charge in [-0.05, 0) is 72.5 Å². The van der Waals surface area contributed by atoms with Crippen molar-refractivity contribution in [2.75, 3.05) is 4.90 Å². The maximum absolute atomic E-state index is 12.4. The topological polar surface area (TPSA) is 66.2 Å². The van der Waals surface area contributed by atoms with E-state index in [4.69, 9.17) is 10.00 Å². The molecule has 3 aromatic carbocycles. The van der Waals surface area contributed by atoms with E-state index in [9.17, 15) is 4.79 Å². The predicted octanol–water partition coefficient (Wildman–Crippen LogP) is 6.56. The molecule has 0 fully saturated rings. The summed E-state index contributed by atoms with van der Waals surface area (Å²) in [4.78, 5) is 18.6. The molecule has 5 nitrogen and oxygen atoms in total. The number of thiazole rings is 1. The zero-order valence-electron chi connectivity index (χ0n) is 18.7. The summed E-state index contributed by atoms with van der Waals surface area (Å²) in [6.45, 7) is 5.94. The molecule has 0 aliphatic rings. The quantitative estimate of drug-likeness (QED) is 0.331. The molecule has 0 aliphatic heterocycles. The molecule has 1 amide bonds. The Morgan fingerprint density at radius 2 is 1.67 bits per heavy atom. The zero-order valence-corrected chi connectivity index (χ0v) is 19.5. The number of benzene rings is 3. The first-order valence-corrected chi connectivity index (χ1v) is 11.4. The van der Waals surface area contributed by atoms with E-state index in [1.807, 2.05) is 86.0 Å². The van der Waals surface area contributed by atoms with Crippen molar-refractivity contribution in [2.24, 2.45) is 0 Å². The van der Waals surface area contributed by atoms with Crippen LogP contribution < -0.4 is 9.64 Å². The van der Waals surface area contributed by atoms with Gasteiger partial charge in [-0.25, -0.2) is 4.98 Å². The van der Waals surface area contributed by atoms with E-state index in [1.165, 1.54) is 16.9 Å². The van der Waals surface area contributed by atoms with Crippen molar-refractivity contribution in [3.05, 3.63) is 94.5 Å². The number of hydrogen-bond acceptors (Lipinski definition) is 5. The maximum Gasteiger partial charge on any atom is 0.230 e. The third-order valence-corrected chi connectivity index (χ3v) is 6.26. The molecular formula is C27H23N3O2S. The van der Waals surface area contributed by atoms with Gasteiger partial charge in [0, 0.05) is 12.3 Å². The Balaban J connectivity index is 1.44. The van der Waals surface area contributed by atoms with Gasteiger partial charge in [0.25, 0.3) is 0 Å². The average Bonchev–Trinajstić information content (AvgIpc) is 3.28. The van der Waals surface area contributed by atoms with Gasteiger partial charge < -0.3 is 4.74 Å². The molecule has 33 heavy (non-hydrogen) atoms. The van der Waals surface area contributed by atoms with Crippen LogP contribution in [0.3, 0.4) is 0 Å². The average molecular weight is 454 g/mol. The van der Waals surface area contributed by atoms with Crippen molar-refractivity contribution < 1.29 is 9.53 Å². The highest BCUT2D eigenvalue weighted by Gasteiger charge is 2.18. The largest absolute Gasteiger partial charge is 0.487 e. The number of rotatable bonds is 6. The summed E-state index contributed by atoms with van der Waals surface area (Å²) in [5.41, 5.74) is 6.62. The van der Waals surface area contributed by atoms with Gasteiger partial charge in [-0.15, -0.1) is 11.3 Å². The van der Waals surface area contributed by atoms with Crippen LogP contribution in [0, 0.1) is 25.2 Å². The Bertz CT molecular complexity index is 1320. The van der Waals surface area contributed by atoms with E-state index >= 15 is 0 Å². The molecular weight excluding hydrogens is 430 g/mol. The third-order valence-electron chi connectivity index (χ3n) is 5.38. The number of aromatic nitrogens is 1. The highest BCUT2D eigenvalue weighted by atomic mass is 32.1. The fourth-order valence-corrected chi connectivity index (χ4v) is 4.27. The Kier molecular flexibility index (Phi) is 6.53. The van der Waals surface area contributed by atoms with Gasteiger partial charge in [-0.2, -0.15) is 5.26 Å². The maximum atomic E-state index is 12.4. The number of carbonyl (C=O) groups is 1. The molecule has 4 rings (SSSR count). The lowest BCUT2D eigenvalue weighted by atomic mass is 10.0. The molecule has 0 aliphatic carbocycles. The highest BCUT2D eigenvalue weighted by Crippen LogP contribution is 2.31. The van der Waals surface area contributed by atoms with Gasteiger partial charge in [-0.1, -0.05) is 30.3 Å². The first-order chi connectivity index (χ1) is 15.9. The van der Waals surface area contributed by atoms with Crippen molar-refractivity contribution in [2.45, 2.75) is 27.4 Å². The Morgan fingerprint density at radius 1 is 1.00 bits per heavy atom. The zero-order chi connectivity index (χ0) is 23.4. The molecule has 4 aromatic rings. The van der Waals surface area contributed by atoms with Crippen LogP contribution in [0.4, 0.5) is 10.8 Å². The van der Waals surface area contributed by atoms with Gasteiger partial charge in [0.15, 0.2) is 5.13 Å². The molecule has 1 heterocycles. The summed E-state index contributed by atoms with van der Waals surface area (Å²) in [6.07, 6.45) is 0. The fourth-order valence-electron chi connectivity index (χ4n) is 3.39. The normalized spacial score (nSPS) is 10.5. The van der Waals surface area contributed by atoms with E-state index in [-0.39, 0.29) is 5.91 Å². The molecule has 1 aromatic heterocycles. The third kappa shape index (κ3) is 5.11. The number of aryl methyl sites for hydroxylation is 2. The minimum Gasteiger partial charge on any atom is -0.487 e. The monoisotopic (exact) mass is 453 g/mol. The first kappa shape index (κ1) is 22.3. The second kappa shape index (κ2) is 9.68. The van der Waals surface area contributed by atoms with Crippen molar-refractivity contribution in [1.82, 2.24) is 4.98 Å². The molecule has 164 valence electrons. The summed E-state index contributed by atoms with van der Waals surface area (Å²) in [6, 6.07) is 23.4. The molecule has 0 atom stereocenters. The van der Waals surface area contributed by atoms with E-state index in [1.54, 1.807) is 11.8 Å². The van der Waals surface area contributed by atoms with E-state index in [0.717, 1.165) is 33.8 Å². The SMILES string of the molecule is CC(=O)N(c1ccc(C)c(C)c1)c1nc(COc2ccc(-c3ccc(C#N)cc3)cc2)cs1. The number of carbonyl (C=O) groups excluding carboxylic acids is 1. The lowest BCUT2D eigenvalue weighted by Crippen LogP contribution is -2.22. The van der Waals surface area contributed by atoms with Crippen molar-refractivity contribution in [1.29, 1.82) is 5.26 Å². The number of nitriles is 1. The first-order valence-electron chi connectivity index (χ1n) is 10.5. The number of ether oxygens (including phenoxy) is 1. The van der Waals surface area contributed by atoms with Gasteiger partial charge in [-0.3, -0.25) is 9.69 Å². The second-order valence-electron chi connectivity index (χ2n) is 7.75. The second-order valence-corrected chi connectivity index (χ2v) is 8.58. The molecule has 0 bridgehead atoms. The lowest BCUT2D eigenvalue weighted by molar-refractivity contribution is -0.115. The summed E-state index contributed by atoms with van der Waals surface area (Å²) in [5.74, 6) is 0.651. The Hall–Kier alpha value is -3.95. The highest BCUT2D eigenvalue weighted by molar-refractivity contribution is 7.14. The van der Waals surface area contributed by atoms with Crippen LogP contribution in [0.15, 0.2) is 72.1 Å². The summed E-state index contributed by atoms with van der Waals surface area (Å²) in [5, 5.41) is 11.5. The van der Waals surface area contributed by atoms with Gasteiger partial charge in [0.2, 0.25) is 5.91 Å². The van der Waals surface area contributed by atoms with Gasteiger partial charge in [0.1, 0.15) is 12.4 Å². The van der Waals surface area contributed by atoms with Crippen LogP contribution in [0.5, 0.6) is 5.75 Å². The minimum atomic E-state index is -0.0848. The number of nitrogens with zero attached hydrogens (tertiary/aromatic N) is 3. The van der Waals surface area contributed by atoms with Crippen LogP contribution in [0.1, 0.15) is 29.3 Å². The van der Waals surface area contributed by atoms with Gasteiger partial charge >= 0.3 is 0 Å². The Labute approximate surface area is 197 Å². The van der Waals surface area contributed by atoms with E-state index in [2.05, 4.69) is 11.1 Å². The molecule has 0 unspecified atom stereocenters. The molecule has 0 radical (unpaired) electrons. The van der Waals surface area contributed by atoms with Crippen molar-refractivity contribution in [3.63, 3.8) is 0 Å². The smallest absolute Gasteiger partial charge is 0.230 e. The number of hydrogen-bond donors (Lipinski definition) is 0. The number of anilines is 2. The summed E-state index contributed by atoms with van der Waals surface area (Å²) < 4.78 is 5.91. The lowest BCUT2D eigenvalue weighted by Gasteiger charge is -2.19. The van der Waals surface area contributed by atoms with Gasteiger partial charge in [0.05, 0.1) is 23.0 Å². The standard InChI is InChI=1S/C27H23N3O2S/c1-18-4-11-25(14-19(18)2)30(20(3)31)27-29-24(17-33-27)16-32-26-12-9-23(10-13-26)22-7-5-21(15-28)6-8-22/h4-14,17H,16H2,1-3H3.